The maximum Gasteiger partial charge on any atom is 0.228 e. The molecule has 0 bridgehead atoms. The van der Waals surface area contributed by atoms with Crippen molar-refractivity contribution in [2.24, 2.45) is 11.8 Å². The third-order valence-electron chi connectivity index (χ3n) is 7.31. The van der Waals surface area contributed by atoms with Gasteiger partial charge >= 0.3 is 0 Å². The Labute approximate surface area is 186 Å². The van der Waals surface area contributed by atoms with Crippen molar-refractivity contribution in [3.63, 3.8) is 0 Å². The van der Waals surface area contributed by atoms with E-state index in [-0.39, 0.29) is 17.7 Å². The third kappa shape index (κ3) is 5.29. The largest absolute Gasteiger partial charge is 0.385 e. The van der Waals surface area contributed by atoms with E-state index in [1.165, 1.54) is 45.2 Å². The fourth-order valence-corrected chi connectivity index (χ4v) is 5.75. The SMILES string of the molecule is COCCCN(C[C@@H]1CCCN2CCCC[C@H]12)C(=O)C1CC(=O)N(c2ccccc2)C1. The summed E-state index contributed by atoms with van der Waals surface area (Å²) in [7, 11) is 1.71. The first-order valence-corrected chi connectivity index (χ1v) is 12.0. The predicted molar refractivity (Wildman–Crippen MR) is 122 cm³/mol. The molecule has 3 heterocycles. The summed E-state index contributed by atoms with van der Waals surface area (Å²) in [6.45, 7) is 5.10. The summed E-state index contributed by atoms with van der Waals surface area (Å²) < 4.78 is 5.26. The first-order valence-electron chi connectivity index (χ1n) is 12.0. The van der Waals surface area contributed by atoms with E-state index in [2.05, 4.69) is 9.80 Å². The van der Waals surface area contributed by atoms with Crippen molar-refractivity contribution in [1.82, 2.24) is 9.80 Å². The minimum absolute atomic E-state index is 0.0533. The van der Waals surface area contributed by atoms with Gasteiger partial charge in [0.1, 0.15) is 0 Å². The summed E-state index contributed by atoms with van der Waals surface area (Å²) in [5.74, 6) is 0.498. The van der Waals surface area contributed by atoms with E-state index in [0.29, 0.717) is 38.1 Å². The summed E-state index contributed by atoms with van der Waals surface area (Å²) >= 11 is 0. The fraction of sp³-hybridized carbons (Fsp3) is 0.680. The Balaban J connectivity index is 1.44. The van der Waals surface area contributed by atoms with E-state index >= 15 is 0 Å². The molecule has 0 N–H and O–H groups in total. The minimum atomic E-state index is -0.249. The molecule has 0 aliphatic carbocycles. The summed E-state index contributed by atoms with van der Waals surface area (Å²) in [5.41, 5.74) is 0.888. The molecule has 0 aromatic heterocycles. The van der Waals surface area contributed by atoms with E-state index in [1.54, 1.807) is 12.0 Å². The Hall–Kier alpha value is -1.92. The van der Waals surface area contributed by atoms with Crippen molar-refractivity contribution < 1.29 is 14.3 Å². The normalized spacial score (nSPS) is 26.7. The smallest absolute Gasteiger partial charge is 0.228 e. The van der Waals surface area contributed by atoms with Gasteiger partial charge < -0.3 is 19.4 Å². The van der Waals surface area contributed by atoms with E-state index in [0.717, 1.165) is 18.7 Å². The highest BCUT2D eigenvalue weighted by atomic mass is 16.5. The van der Waals surface area contributed by atoms with Crippen LogP contribution in [0, 0.1) is 11.8 Å². The Morgan fingerprint density at radius 1 is 1.13 bits per heavy atom. The fourth-order valence-electron chi connectivity index (χ4n) is 5.75. The Morgan fingerprint density at radius 3 is 2.74 bits per heavy atom. The molecule has 4 rings (SSSR count). The number of hydrogen-bond donors (Lipinski definition) is 0. The van der Waals surface area contributed by atoms with E-state index in [9.17, 15) is 9.59 Å². The Morgan fingerprint density at radius 2 is 1.94 bits per heavy atom. The summed E-state index contributed by atoms with van der Waals surface area (Å²) in [4.78, 5) is 32.8. The van der Waals surface area contributed by atoms with Gasteiger partial charge in [0.25, 0.3) is 0 Å². The van der Waals surface area contributed by atoms with E-state index in [4.69, 9.17) is 4.74 Å². The number of benzene rings is 1. The van der Waals surface area contributed by atoms with Gasteiger partial charge in [-0.05, 0) is 63.2 Å². The Kier molecular flexibility index (Phi) is 7.62. The molecular weight excluding hydrogens is 390 g/mol. The van der Waals surface area contributed by atoms with Crippen LogP contribution in [-0.2, 0) is 14.3 Å². The van der Waals surface area contributed by atoms with Crippen LogP contribution in [0.15, 0.2) is 30.3 Å². The number of methoxy groups -OCH3 is 1. The van der Waals surface area contributed by atoms with Crippen LogP contribution in [0.5, 0.6) is 0 Å². The van der Waals surface area contributed by atoms with Gasteiger partial charge in [-0.2, -0.15) is 0 Å². The molecule has 6 nitrogen and oxygen atoms in total. The number of anilines is 1. The molecule has 1 aromatic carbocycles. The molecule has 0 saturated carbocycles. The zero-order valence-corrected chi connectivity index (χ0v) is 18.9. The summed E-state index contributed by atoms with van der Waals surface area (Å²) in [5, 5.41) is 0. The van der Waals surface area contributed by atoms with Gasteiger partial charge in [0.05, 0.1) is 5.92 Å². The molecule has 3 aliphatic rings. The highest BCUT2D eigenvalue weighted by Crippen LogP contribution is 2.32. The number of carbonyl (C=O) groups is 2. The monoisotopic (exact) mass is 427 g/mol. The zero-order valence-electron chi connectivity index (χ0n) is 18.9. The van der Waals surface area contributed by atoms with Gasteiger partial charge in [-0.3, -0.25) is 9.59 Å². The highest BCUT2D eigenvalue weighted by molar-refractivity contribution is 6.00. The molecule has 2 amide bonds. The van der Waals surface area contributed by atoms with Crippen LogP contribution in [0.4, 0.5) is 5.69 Å². The second-order valence-corrected chi connectivity index (χ2v) is 9.37. The van der Waals surface area contributed by atoms with Crippen LogP contribution >= 0.6 is 0 Å². The lowest BCUT2D eigenvalue weighted by atomic mass is 9.83. The molecule has 6 heteroatoms. The third-order valence-corrected chi connectivity index (χ3v) is 7.31. The lowest BCUT2D eigenvalue weighted by Crippen LogP contribution is -2.52. The number of amides is 2. The molecule has 1 aromatic rings. The molecule has 0 radical (unpaired) electrons. The number of carbonyl (C=O) groups excluding carboxylic acids is 2. The van der Waals surface area contributed by atoms with E-state index in [1.807, 2.05) is 30.3 Å². The first kappa shape index (κ1) is 22.3. The van der Waals surface area contributed by atoms with Gasteiger partial charge in [0.2, 0.25) is 11.8 Å². The van der Waals surface area contributed by atoms with Gasteiger partial charge in [-0.1, -0.05) is 24.6 Å². The number of rotatable bonds is 8. The summed E-state index contributed by atoms with van der Waals surface area (Å²) in [6.07, 6.45) is 7.45. The Bertz CT molecular complexity index is 739. The van der Waals surface area contributed by atoms with Crippen LogP contribution in [0.3, 0.4) is 0 Å². The van der Waals surface area contributed by atoms with Gasteiger partial charge in [-0.25, -0.2) is 0 Å². The molecule has 1 unspecified atom stereocenters. The lowest BCUT2D eigenvalue weighted by molar-refractivity contribution is -0.137. The van der Waals surface area contributed by atoms with Crippen molar-refractivity contribution in [3.05, 3.63) is 30.3 Å². The van der Waals surface area contributed by atoms with Crippen molar-refractivity contribution in [2.45, 2.75) is 51.0 Å². The molecular formula is C25H37N3O3. The maximum atomic E-state index is 13.6. The molecule has 170 valence electrons. The minimum Gasteiger partial charge on any atom is -0.385 e. The average Bonchev–Trinajstić information content (AvgIpc) is 3.20. The summed E-state index contributed by atoms with van der Waals surface area (Å²) in [6, 6.07) is 10.3. The topological polar surface area (TPSA) is 53.1 Å². The molecule has 3 aliphatic heterocycles. The standard InChI is InChI=1S/C25H37N3O3/c1-31-16-8-15-27(18-20-9-7-14-26-13-6-5-12-23(20)26)25(30)21-17-24(29)28(19-21)22-10-3-2-4-11-22/h2-4,10-11,20-21,23H,5-9,12-19H2,1H3/t20-,21?,23+/m0/s1. The zero-order chi connectivity index (χ0) is 21.6. The van der Waals surface area contributed by atoms with Gasteiger partial charge in [0, 0.05) is 51.5 Å². The predicted octanol–water partition coefficient (Wildman–Crippen LogP) is 3.17. The number of fused-ring (bicyclic) bond motifs is 1. The first-order chi connectivity index (χ1) is 15.2. The van der Waals surface area contributed by atoms with Crippen LogP contribution in [0.2, 0.25) is 0 Å². The van der Waals surface area contributed by atoms with Crippen LogP contribution in [0.1, 0.15) is 44.9 Å². The van der Waals surface area contributed by atoms with Crippen molar-refractivity contribution in [3.8, 4) is 0 Å². The van der Waals surface area contributed by atoms with Crippen LogP contribution < -0.4 is 4.90 Å². The van der Waals surface area contributed by atoms with Crippen molar-refractivity contribution in [1.29, 1.82) is 0 Å². The molecule has 31 heavy (non-hydrogen) atoms. The number of ether oxygens (including phenoxy) is 1. The number of hydrogen-bond acceptors (Lipinski definition) is 4. The average molecular weight is 428 g/mol. The van der Waals surface area contributed by atoms with Crippen molar-refractivity contribution in [2.75, 3.05) is 51.3 Å². The van der Waals surface area contributed by atoms with Gasteiger partial charge in [-0.15, -0.1) is 0 Å². The quantitative estimate of drug-likeness (QED) is 0.598. The number of para-hydroxylation sites is 1. The maximum absolute atomic E-state index is 13.6. The second-order valence-electron chi connectivity index (χ2n) is 9.37. The molecule has 3 atom stereocenters. The molecule has 0 spiro atoms. The van der Waals surface area contributed by atoms with Crippen molar-refractivity contribution >= 4 is 17.5 Å². The second kappa shape index (κ2) is 10.6. The number of piperidine rings is 2. The van der Waals surface area contributed by atoms with E-state index < -0.39 is 0 Å². The van der Waals surface area contributed by atoms with Crippen LogP contribution in [-0.4, -0.2) is 74.1 Å². The van der Waals surface area contributed by atoms with Gasteiger partial charge in [0.15, 0.2) is 0 Å². The molecule has 3 saturated heterocycles. The molecule has 3 fully saturated rings. The lowest BCUT2D eigenvalue weighted by Gasteiger charge is -2.46. The highest BCUT2D eigenvalue weighted by Gasteiger charge is 2.39. The van der Waals surface area contributed by atoms with Crippen LogP contribution in [0.25, 0.3) is 0 Å². The number of nitrogens with zero attached hydrogens (tertiary/aromatic N) is 3.